The van der Waals surface area contributed by atoms with E-state index in [-0.39, 0.29) is 6.23 Å². The highest BCUT2D eigenvalue weighted by Gasteiger charge is 2.41. The zero-order chi connectivity index (χ0) is 15.6. The highest BCUT2D eigenvalue weighted by molar-refractivity contribution is 5.24. The zero-order valence-corrected chi connectivity index (χ0v) is 14.0. The predicted molar refractivity (Wildman–Crippen MR) is 94.1 cm³/mol. The first-order valence-electron chi connectivity index (χ1n) is 9.46. The Morgan fingerprint density at radius 2 is 1.78 bits per heavy atom. The molecule has 0 amide bonds. The lowest BCUT2D eigenvalue weighted by atomic mass is 9.76. The summed E-state index contributed by atoms with van der Waals surface area (Å²) in [4.78, 5) is 2.31. The van der Waals surface area contributed by atoms with Crippen LogP contribution in [0.25, 0.3) is 0 Å². The summed E-state index contributed by atoms with van der Waals surface area (Å²) in [5.74, 6) is 2.74. The maximum atomic E-state index is 10.8. The number of hydrogen-bond acceptors (Lipinski definition) is 2. The Kier molecular flexibility index (Phi) is 4.54. The highest BCUT2D eigenvalue weighted by atomic mass is 16.3. The van der Waals surface area contributed by atoms with Crippen LogP contribution in [-0.4, -0.2) is 29.3 Å². The maximum Gasteiger partial charge on any atom is 0.107 e. The molecule has 1 N–H and O–H groups in total. The first kappa shape index (κ1) is 15.4. The van der Waals surface area contributed by atoms with E-state index in [0.717, 1.165) is 31.3 Å². The van der Waals surface area contributed by atoms with E-state index in [4.69, 9.17) is 0 Å². The number of fused-ring (bicyclic) bond motifs is 2. The first-order chi connectivity index (χ1) is 11.3. The van der Waals surface area contributed by atoms with Crippen molar-refractivity contribution in [2.75, 3.05) is 13.1 Å². The van der Waals surface area contributed by atoms with Crippen molar-refractivity contribution in [1.29, 1.82) is 0 Å². The molecule has 1 aromatic carbocycles. The number of rotatable bonds is 5. The summed E-state index contributed by atoms with van der Waals surface area (Å²) in [6.07, 6.45) is 11.9. The second-order valence-corrected chi connectivity index (χ2v) is 7.77. The molecule has 1 heterocycles. The van der Waals surface area contributed by atoms with Crippen molar-refractivity contribution in [3.05, 3.63) is 48.0 Å². The van der Waals surface area contributed by atoms with Crippen LogP contribution in [0.2, 0.25) is 0 Å². The summed E-state index contributed by atoms with van der Waals surface area (Å²) < 4.78 is 0. The van der Waals surface area contributed by atoms with Gasteiger partial charge in [0.05, 0.1) is 0 Å². The summed E-state index contributed by atoms with van der Waals surface area (Å²) in [5.41, 5.74) is 1.43. The third kappa shape index (κ3) is 3.25. The van der Waals surface area contributed by atoms with Gasteiger partial charge in [-0.1, -0.05) is 48.9 Å². The van der Waals surface area contributed by atoms with Crippen LogP contribution < -0.4 is 0 Å². The molecule has 1 aliphatic heterocycles. The SMILES string of the molecule is OC(CC(c1ccccc1)C1CC2C=CC1C2)N1CCCCC1. The lowest BCUT2D eigenvalue weighted by Crippen LogP contribution is -2.40. The van der Waals surface area contributed by atoms with Gasteiger partial charge in [0.25, 0.3) is 0 Å². The molecule has 124 valence electrons. The van der Waals surface area contributed by atoms with Crippen molar-refractivity contribution in [1.82, 2.24) is 4.90 Å². The van der Waals surface area contributed by atoms with Gasteiger partial charge in [-0.25, -0.2) is 0 Å². The molecule has 3 aliphatic rings. The van der Waals surface area contributed by atoms with Crippen LogP contribution in [0.3, 0.4) is 0 Å². The number of nitrogens with zero attached hydrogens (tertiary/aromatic N) is 1. The Balaban J connectivity index is 1.52. The van der Waals surface area contributed by atoms with Crippen LogP contribution in [0, 0.1) is 17.8 Å². The molecule has 1 saturated heterocycles. The first-order valence-corrected chi connectivity index (χ1v) is 9.46. The molecule has 2 nitrogen and oxygen atoms in total. The molecule has 2 fully saturated rings. The zero-order valence-electron chi connectivity index (χ0n) is 14.0. The van der Waals surface area contributed by atoms with Gasteiger partial charge < -0.3 is 5.11 Å². The summed E-state index contributed by atoms with van der Waals surface area (Å²) >= 11 is 0. The molecule has 0 spiro atoms. The van der Waals surface area contributed by atoms with Gasteiger partial charge in [-0.15, -0.1) is 0 Å². The van der Waals surface area contributed by atoms with E-state index in [0.29, 0.717) is 11.8 Å². The molecule has 2 heteroatoms. The lowest BCUT2D eigenvalue weighted by Gasteiger charge is -2.36. The normalized spacial score (nSPS) is 33.0. The maximum absolute atomic E-state index is 10.8. The number of piperidine rings is 1. The number of hydrogen-bond donors (Lipinski definition) is 1. The topological polar surface area (TPSA) is 23.5 Å². The fourth-order valence-corrected chi connectivity index (χ4v) is 5.14. The van der Waals surface area contributed by atoms with E-state index in [1.807, 2.05) is 0 Å². The molecule has 0 radical (unpaired) electrons. The van der Waals surface area contributed by atoms with Crippen LogP contribution >= 0.6 is 0 Å². The molecule has 23 heavy (non-hydrogen) atoms. The number of benzene rings is 1. The van der Waals surface area contributed by atoms with Crippen molar-refractivity contribution in [2.24, 2.45) is 17.8 Å². The van der Waals surface area contributed by atoms with Gasteiger partial charge in [0.15, 0.2) is 0 Å². The molecule has 4 rings (SSSR count). The van der Waals surface area contributed by atoms with Gasteiger partial charge in [0.2, 0.25) is 0 Å². The van der Waals surface area contributed by atoms with Crippen LogP contribution in [0.15, 0.2) is 42.5 Å². The molecular weight excluding hydrogens is 282 g/mol. The van der Waals surface area contributed by atoms with Crippen LogP contribution in [0.5, 0.6) is 0 Å². The molecule has 2 bridgehead atoms. The molecule has 5 unspecified atom stereocenters. The van der Waals surface area contributed by atoms with Gasteiger partial charge in [0.1, 0.15) is 6.23 Å². The standard InChI is InChI=1S/C21H29NO/c23-21(22-11-5-2-6-12-22)15-20(17-7-3-1-4-8-17)19-14-16-9-10-18(19)13-16/h1,3-4,7-10,16,18-21,23H,2,5-6,11-15H2. The molecule has 1 saturated carbocycles. The monoisotopic (exact) mass is 311 g/mol. The van der Waals surface area contributed by atoms with Gasteiger partial charge >= 0.3 is 0 Å². The average molecular weight is 311 g/mol. The van der Waals surface area contributed by atoms with Gasteiger partial charge in [-0.2, -0.15) is 0 Å². The van der Waals surface area contributed by atoms with E-state index in [1.165, 1.54) is 37.7 Å². The van der Waals surface area contributed by atoms with Crippen molar-refractivity contribution in [2.45, 2.75) is 50.7 Å². The number of aliphatic hydroxyl groups excluding tert-OH is 1. The quantitative estimate of drug-likeness (QED) is 0.825. The summed E-state index contributed by atoms with van der Waals surface area (Å²) in [7, 11) is 0. The molecule has 1 aromatic rings. The fraction of sp³-hybridized carbons (Fsp3) is 0.619. The minimum Gasteiger partial charge on any atom is -0.378 e. The molecule has 0 aromatic heterocycles. The van der Waals surface area contributed by atoms with E-state index in [2.05, 4.69) is 47.4 Å². The van der Waals surface area contributed by atoms with Crippen LogP contribution in [-0.2, 0) is 0 Å². The Labute approximate surface area is 140 Å². The van der Waals surface area contributed by atoms with E-state index >= 15 is 0 Å². The average Bonchev–Trinajstić information content (AvgIpc) is 3.24. The van der Waals surface area contributed by atoms with E-state index < -0.39 is 0 Å². The molecule has 5 atom stereocenters. The van der Waals surface area contributed by atoms with E-state index in [9.17, 15) is 5.11 Å². The number of aliphatic hydroxyl groups is 1. The minimum atomic E-state index is -0.274. The molecule has 2 aliphatic carbocycles. The van der Waals surface area contributed by atoms with E-state index in [1.54, 1.807) is 0 Å². The lowest BCUT2D eigenvalue weighted by molar-refractivity contribution is -0.0225. The number of allylic oxidation sites excluding steroid dienone is 2. The largest absolute Gasteiger partial charge is 0.378 e. The number of likely N-dealkylation sites (tertiary alicyclic amines) is 1. The summed E-state index contributed by atoms with van der Waals surface area (Å²) in [5, 5.41) is 10.8. The van der Waals surface area contributed by atoms with Gasteiger partial charge in [-0.3, -0.25) is 4.90 Å². The third-order valence-electron chi connectivity index (χ3n) is 6.35. The Morgan fingerprint density at radius 3 is 2.43 bits per heavy atom. The second-order valence-electron chi connectivity index (χ2n) is 7.77. The Bertz CT molecular complexity index is 534. The predicted octanol–water partition coefficient (Wildman–Crippen LogP) is 4.18. The van der Waals surface area contributed by atoms with Gasteiger partial charge in [0, 0.05) is 13.1 Å². The van der Waals surface area contributed by atoms with Crippen molar-refractivity contribution in [3.8, 4) is 0 Å². The third-order valence-corrected chi connectivity index (χ3v) is 6.35. The Morgan fingerprint density at radius 1 is 1.00 bits per heavy atom. The summed E-state index contributed by atoms with van der Waals surface area (Å²) in [6, 6.07) is 10.9. The minimum absolute atomic E-state index is 0.274. The van der Waals surface area contributed by atoms with Gasteiger partial charge in [-0.05, 0) is 61.3 Å². The van der Waals surface area contributed by atoms with Crippen LogP contribution in [0.1, 0.15) is 50.0 Å². The van der Waals surface area contributed by atoms with Crippen molar-refractivity contribution >= 4 is 0 Å². The Hall–Kier alpha value is -1.12. The van der Waals surface area contributed by atoms with Crippen LogP contribution in [0.4, 0.5) is 0 Å². The fourth-order valence-electron chi connectivity index (χ4n) is 5.14. The van der Waals surface area contributed by atoms with Crippen molar-refractivity contribution < 1.29 is 5.11 Å². The highest BCUT2D eigenvalue weighted by Crippen LogP contribution is 2.50. The second kappa shape index (κ2) is 6.78. The van der Waals surface area contributed by atoms with Crippen molar-refractivity contribution in [3.63, 3.8) is 0 Å². The smallest absolute Gasteiger partial charge is 0.107 e. The summed E-state index contributed by atoms with van der Waals surface area (Å²) in [6.45, 7) is 2.14. The molecular formula is C21H29NO.